The van der Waals surface area contributed by atoms with Crippen LogP contribution in [0, 0.1) is 6.92 Å². The molecule has 1 heterocycles. The van der Waals surface area contributed by atoms with E-state index in [9.17, 15) is 8.42 Å². The molecule has 0 saturated heterocycles. The number of thiocarbonyl (C=S) groups is 1. The van der Waals surface area contributed by atoms with Crippen LogP contribution in [0.25, 0.3) is 0 Å². The lowest BCUT2D eigenvalue weighted by Gasteiger charge is -2.14. The van der Waals surface area contributed by atoms with Crippen molar-refractivity contribution in [1.82, 2.24) is 4.72 Å². The van der Waals surface area contributed by atoms with Gasteiger partial charge in [0.2, 0.25) is 0 Å². The normalized spacial score (nSPS) is 13.6. The Morgan fingerprint density at radius 1 is 1.62 bits per heavy atom. The van der Waals surface area contributed by atoms with E-state index in [0.29, 0.717) is 10.6 Å². The molecule has 0 aliphatic carbocycles. The molecule has 4 nitrogen and oxygen atoms in total. The fraction of sp³-hybridized carbons (Fsp3) is 0.444. The van der Waals surface area contributed by atoms with Crippen molar-refractivity contribution in [2.45, 2.75) is 30.5 Å². The summed E-state index contributed by atoms with van der Waals surface area (Å²) in [7, 11) is -3.49. The zero-order chi connectivity index (χ0) is 12.3. The molecule has 1 atom stereocenters. The van der Waals surface area contributed by atoms with Crippen molar-refractivity contribution < 1.29 is 8.42 Å². The highest BCUT2D eigenvalue weighted by Gasteiger charge is 2.21. The van der Waals surface area contributed by atoms with Crippen LogP contribution in [0.1, 0.15) is 18.2 Å². The molecular formula is C9H14N2O2S3. The van der Waals surface area contributed by atoms with E-state index in [4.69, 9.17) is 18.0 Å². The highest BCUT2D eigenvalue weighted by atomic mass is 32.2. The standard InChI is InChI=1S/C9H14N2O2S3/c1-3-7(9(10)14)11-16(12,13)8-5-4-6(2)15-8/h4-5,7,11H,3H2,1-2H3,(H2,10,14). The van der Waals surface area contributed by atoms with E-state index < -0.39 is 16.1 Å². The summed E-state index contributed by atoms with van der Waals surface area (Å²) in [5.74, 6) is 0. The van der Waals surface area contributed by atoms with Crippen molar-refractivity contribution >= 4 is 38.6 Å². The molecule has 1 aromatic rings. The Bertz CT molecular complexity index is 479. The van der Waals surface area contributed by atoms with Crippen molar-refractivity contribution in [2.24, 2.45) is 5.73 Å². The van der Waals surface area contributed by atoms with E-state index in [0.717, 1.165) is 4.88 Å². The molecule has 90 valence electrons. The van der Waals surface area contributed by atoms with Gasteiger partial charge in [-0.1, -0.05) is 19.1 Å². The quantitative estimate of drug-likeness (QED) is 0.799. The van der Waals surface area contributed by atoms with Gasteiger partial charge in [-0.25, -0.2) is 13.1 Å². The highest BCUT2D eigenvalue weighted by molar-refractivity contribution is 7.91. The maximum atomic E-state index is 11.9. The molecule has 3 N–H and O–H groups in total. The third-order valence-electron chi connectivity index (χ3n) is 2.03. The van der Waals surface area contributed by atoms with Crippen LogP contribution in [0.4, 0.5) is 0 Å². The average Bonchev–Trinajstić information content (AvgIpc) is 2.61. The number of nitrogens with one attached hydrogen (secondary N) is 1. The molecule has 0 aliphatic heterocycles. The number of hydrogen-bond acceptors (Lipinski definition) is 4. The SMILES string of the molecule is CCC(NS(=O)(=O)c1ccc(C)s1)C(N)=S. The Morgan fingerprint density at radius 2 is 2.25 bits per heavy atom. The van der Waals surface area contributed by atoms with E-state index >= 15 is 0 Å². The summed E-state index contributed by atoms with van der Waals surface area (Å²) in [6.45, 7) is 3.68. The zero-order valence-electron chi connectivity index (χ0n) is 9.06. The zero-order valence-corrected chi connectivity index (χ0v) is 11.5. The number of sulfonamides is 1. The summed E-state index contributed by atoms with van der Waals surface area (Å²) in [4.78, 5) is 1.11. The van der Waals surface area contributed by atoms with Crippen LogP contribution in [-0.4, -0.2) is 19.4 Å². The van der Waals surface area contributed by atoms with Gasteiger partial charge in [0.05, 0.1) is 11.0 Å². The maximum absolute atomic E-state index is 11.9. The predicted molar refractivity (Wildman–Crippen MR) is 70.2 cm³/mol. The largest absolute Gasteiger partial charge is 0.392 e. The third-order valence-corrected chi connectivity index (χ3v) is 5.28. The smallest absolute Gasteiger partial charge is 0.250 e. The summed E-state index contributed by atoms with van der Waals surface area (Å²) in [5.41, 5.74) is 5.45. The van der Waals surface area contributed by atoms with Crippen LogP contribution in [0.2, 0.25) is 0 Å². The first-order valence-electron chi connectivity index (χ1n) is 4.75. The molecular weight excluding hydrogens is 264 g/mol. The van der Waals surface area contributed by atoms with Gasteiger partial charge in [-0.3, -0.25) is 0 Å². The van der Waals surface area contributed by atoms with E-state index in [-0.39, 0.29) is 4.99 Å². The fourth-order valence-electron chi connectivity index (χ4n) is 1.14. The van der Waals surface area contributed by atoms with Crippen LogP contribution >= 0.6 is 23.6 Å². The Kier molecular flexibility index (Phi) is 4.43. The summed E-state index contributed by atoms with van der Waals surface area (Å²) < 4.78 is 26.6. The van der Waals surface area contributed by atoms with E-state index in [1.165, 1.54) is 11.3 Å². The Balaban J connectivity index is 2.91. The average molecular weight is 278 g/mol. The summed E-state index contributed by atoms with van der Waals surface area (Å²) in [6.07, 6.45) is 0.541. The predicted octanol–water partition coefficient (Wildman–Crippen LogP) is 1.40. The molecule has 0 spiro atoms. The first-order chi connectivity index (χ1) is 7.36. The minimum Gasteiger partial charge on any atom is -0.392 e. The lowest BCUT2D eigenvalue weighted by Crippen LogP contribution is -2.42. The molecule has 0 fully saturated rings. The monoisotopic (exact) mass is 278 g/mol. The molecule has 1 aromatic heterocycles. The van der Waals surface area contributed by atoms with Gasteiger partial charge in [-0.2, -0.15) is 0 Å². The van der Waals surface area contributed by atoms with Gasteiger partial charge in [0.15, 0.2) is 0 Å². The molecule has 0 radical (unpaired) electrons. The first kappa shape index (κ1) is 13.6. The molecule has 0 bridgehead atoms. The third kappa shape index (κ3) is 3.24. The van der Waals surface area contributed by atoms with Crippen LogP contribution in [0.5, 0.6) is 0 Å². The molecule has 16 heavy (non-hydrogen) atoms. The van der Waals surface area contributed by atoms with Gasteiger partial charge in [0.1, 0.15) is 4.21 Å². The van der Waals surface area contributed by atoms with Gasteiger partial charge >= 0.3 is 0 Å². The number of hydrogen-bond donors (Lipinski definition) is 2. The van der Waals surface area contributed by atoms with Crippen LogP contribution in [0.3, 0.4) is 0 Å². The van der Waals surface area contributed by atoms with Crippen molar-refractivity contribution in [3.63, 3.8) is 0 Å². The molecule has 1 rings (SSSR count). The Morgan fingerprint density at radius 3 is 2.62 bits per heavy atom. The van der Waals surface area contributed by atoms with Crippen molar-refractivity contribution in [3.05, 3.63) is 17.0 Å². The Labute approximate surface area is 105 Å². The van der Waals surface area contributed by atoms with Gasteiger partial charge < -0.3 is 5.73 Å². The number of nitrogens with two attached hydrogens (primary N) is 1. The van der Waals surface area contributed by atoms with Crippen molar-refractivity contribution in [1.29, 1.82) is 0 Å². The minimum atomic E-state index is -3.49. The van der Waals surface area contributed by atoms with Gasteiger partial charge in [-0.05, 0) is 25.5 Å². The van der Waals surface area contributed by atoms with Gasteiger partial charge in [0.25, 0.3) is 10.0 Å². The summed E-state index contributed by atoms with van der Waals surface area (Å²) in [6, 6.07) is 2.86. The first-order valence-corrected chi connectivity index (χ1v) is 7.45. The second-order valence-electron chi connectivity index (χ2n) is 3.35. The molecule has 0 saturated carbocycles. The molecule has 0 aliphatic rings. The topological polar surface area (TPSA) is 72.2 Å². The molecule has 0 amide bonds. The van der Waals surface area contributed by atoms with E-state index in [1.807, 2.05) is 13.8 Å². The minimum absolute atomic E-state index is 0.166. The van der Waals surface area contributed by atoms with Crippen molar-refractivity contribution in [2.75, 3.05) is 0 Å². The second-order valence-corrected chi connectivity index (χ2v) is 7.05. The number of thiophene rings is 1. The second kappa shape index (κ2) is 5.22. The van der Waals surface area contributed by atoms with Crippen LogP contribution in [0.15, 0.2) is 16.3 Å². The number of rotatable bonds is 5. The van der Waals surface area contributed by atoms with Gasteiger partial charge in [0, 0.05) is 4.88 Å². The van der Waals surface area contributed by atoms with Crippen molar-refractivity contribution in [3.8, 4) is 0 Å². The fourth-order valence-corrected chi connectivity index (χ4v) is 4.04. The maximum Gasteiger partial charge on any atom is 0.250 e. The van der Waals surface area contributed by atoms with Gasteiger partial charge in [-0.15, -0.1) is 11.3 Å². The lowest BCUT2D eigenvalue weighted by molar-refractivity contribution is 0.574. The van der Waals surface area contributed by atoms with Crippen LogP contribution < -0.4 is 10.5 Å². The Hall–Kier alpha value is -0.500. The van der Waals surface area contributed by atoms with E-state index in [2.05, 4.69) is 4.72 Å². The highest BCUT2D eigenvalue weighted by Crippen LogP contribution is 2.20. The number of aryl methyl sites for hydroxylation is 1. The summed E-state index contributed by atoms with van der Waals surface area (Å²) in [5, 5.41) is 0. The summed E-state index contributed by atoms with van der Waals surface area (Å²) >= 11 is 6.02. The van der Waals surface area contributed by atoms with Crippen LogP contribution in [-0.2, 0) is 10.0 Å². The molecule has 0 aromatic carbocycles. The molecule has 1 unspecified atom stereocenters. The van der Waals surface area contributed by atoms with E-state index in [1.54, 1.807) is 12.1 Å². The molecule has 7 heteroatoms. The lowest BCUT2D eigenvalue weighted by atomic mass is 10.2.